The number of hydrogen-bond acceptors (Lipinski definition) is 4. The first-order chi connectivity index (χ1) is 12.3. The van der Waals surface area contributed by atoms with Gasteiger partial charge in [0, 0.05) is 0 Å². The van der Waals surface area contributed by atoms with Gasteiger partial charge in [0.25, 0.3) is 0 Å². The Morgan fingerprint density at radius 3 is 2.08 bits per heavy atom. The lowest BCUT2D eigenvalue weighted by Crippen LogP contribution is -2.29. The van der Waals surface area contributed by atoms with E-state index in [1.807, 2.05) is 58.0 Å². The second kappa shape index (κ2) is 11.0. The second-order valence-corrected chi connectivity index (χ2v) is 7.79. The molecule has 146 valence electrons. The molecular weight excluding hydrogens is 328 g/mol. The molecule has 0 aliphatic rings. The molecule has 1 aromatic carbocycles. The highest BCUT2D eigenvalue weighted by atomic mass is 16.6. The van der Waals surface area contributed by atoms with E-state index in [1.165, 1.54) is 0 Å². The Morgan fingerprint density at radius 1 is 0.923 bits per heavy atom. The third-order valence-electron chi connectivity index (χ3n) is 4.29. The molecule has 0 radical (unpaired) electrons. The van der Waals surface area contributed by atoms with E-state index in [0.29, 0.717) is 25.9 Å². The summed E-state index contributed by atoms with van der Waals surface area (Å²) in [7, 11) is 0. The Labute approximate surface area is 158 Å². The zero-order valence-corrected chi connectivity index (χ0v) is 16.9. The monoisotopic (exact) mass is 362 g/mol. The zero-order chi connectivity index (χ0) is 19.6. The summed E-state index contributed by atoms with van der Waals surface area (Å²) in [6.07, 6.45) is 3.70. The topological polar surface area (TPSA) is 52.6 Å². The molecule has 2 unspecified atom stereocenters. The van der Waals surface area contributed by atoms with Gasteiger partial charge in [-0.1, -0.05) is 50.6 Å². The van der Waals surface area contributed by atoms with Crippen molar-refractivity contribution in [2.75, 3.05) is 0 Å². The van der Waals surface area contributed by atoms with Gasteiger partial charge in [-0.25, -0.2) is 0 Å². The molecule has 0 saturated carbocycles. The lowest BCUT2D eigenvalue weighted by molar-refractivity contribution is -0.161. The number of benzene rings is 1. The smallest absolute Gasteiger partial charge is 0.309 e. The van der Waals surface area contributed by atoms with Gasteiger partial charge >= 0.3 is 11.9 Å². The van der Waals surface area contributed by atoms with Crippen LogP contribution in [0.4, 0.5) is 0 Å². The lowest BCUT2D eigenvalue weighted by Gasteiger charge is -2.24. The van der Waals surface area contributed by atoms with Crippen LogP contribution in [0.1, 0.15) is 72.3 Å². The average Bonchev–Trinajstić information content (AvgIpc) is 2.58. The number of carbonyl (C=O) groups excluding carboxylic acids is 2. The number of esters is 2. The van der Waals surface area contributed by atoms with Crippen LogP contribution in [-0.4, -0.2) is 17.5 Å². The highest BCUT2D eigenvalue weighted by Gasteiger charge is 2.26. The zero-order valence-electron chi connectivity index (χ0n) is 16.9. The van der Waals surface area contributed by atoms with Gasteiger partial charge in [0.2, 0.25) is 0 Å². The van der Waals surface area contributed by atoms with E-state index in [-0.39, 0.29) is 23.8 Å². The quantitative estimate of drug-likeness (QED) is 0.530. The summed E-state index contributed by atoms with van der Waals surface area (Å²) in [6.45, 7) is 9.96. The van der Waals surface area contributed by atoms with Crippen molar-refractivity contribution in [2.45, 2.75) is 78.9 Å². The fourth-order valence-corrected chi connectivity index (χ4v) is 2.85. The van der Waals surface area contributed by atoms with E-state index in [2.05, 4.69) is 6.92 Å². The van der Waals surface area contributed by atoms with Crippen molar-refractivity contribution in [2.24, 2.45) is 11.8 Å². The van der Waals surface area contributed by atoms with E-state index < -0.39 is 5.60 Å². The van der Waals surface area contributed by atoms with Crippen LogP contribution in [0.3, 0.4) is 0 Å². The normalized spacial score (nSPS) is 13.7. The first kappa shape index (κ1) is 22.2. The van der Waals surface area contributed by atoms with Crippen molar-refractivity contribution in [1.82, 2.24) is 0 Å². The molecule has 0 fully saturated rings. The number of rotatable bonds is 10. The third-order valence-corrected chi connectivity index (χ3v) is 4.29. The fourth-order valence-electron chi connectivity index (χ4n) is 2.85. The SMILES string of the molecule is CCCC(CCC(CC)C(=O)OC(C)(C)C)C(=O)OCc1ccccc1. The molecule has 0 aliphatic carbocycles. The first-order valence-corrected chi connectivity index (χ1v) is 9.70. The maximum absolute atomic E-state index is 12.5. The van der Waals surface area contributed by atoms with E-state index in [0.717, 1.165) is 18.4 Å². The molecule has 0 aromatic heterocycles. The summed E-state index contributed by atoms with van der Waals surface area (Å²) in [6, 6.07) is 9.68. The minimum Gasteiger partial charge on any atom is -0.461 e. The number of ether oxygens (including phenoxy) is 2. The van der Waals surface area contributed by atoms with Crippen LogP contribution >= 0.6 is 0 Å². The van der Waals surface area contributed by atoms with Gasteiger partial charge in [-0.2, -0.15) is 0 Å². The van der Waals surface area contributed by atoms with Crippen molar-refractivity contribution in [3.8, 4) is 0 Å². The van der Waals surface area contributed by atoms with Crippen molar-refractivity contribution in [3.05, 3.63) is 35.9 Å². The minimum absolute atomic E-state index is 0.166. The first-order valence-electron chi connectivity index (χ1n) is 9.70. The van der Waals surface area contributed by atoms with Crippen LogP contribution < -0.4 is 0 Å². The molecule has 1 aromatic rings. The van der Waals surface area contributed by atoms with Crippen LogP contribution in [0.25, 0.3) is 0 Å². The fraction of sp³-hybridized carbons (Fsp3) is 0.636. The molecule has 26 heavy (non-hydrogen) atoms. The Hall–Kier alpha value is -1.84. The molecule has 1 rings (SSSR count). The van der Waals surface area contributed by atoms with Gasteiger partial charge in [-0.15, -0.1) is 0 Å². The molecule has 0 heterocycles. The van der Waals surface area contributed by atoms with E-state index in [1.54, 1.807) is 0 Å². The van der Waals surface area contributed by atoms with E-state index in [4.69, 9.17) is 9.47 Å². The lowest BCUT2D eigenvalue weighted by atomic mass is 9.91. The summed E-state index contributed by atoms with van der Waals surface area (Å²) < 4.78 is 11.0. The standard InChI is InChI=1S/C22H34O4/c1-6-11-19(20(23)25-16-17-12-9-8-10-13-17)15-14-18(7-2)21(24)26-22(3,4)5/h8-10,12-13,18-19H,6-7,11,14-16H2,1-5H3. The largest absolute Gasteiger partial charge is 0.461 e. The molecule has 0 spiro atoms. The predicted octanol–water partition coefficient (Wildman–Crippen LogP) is 5.29. The molecule has 0 saturated heterocycles. The molecule has 0 amide bonds. The summed E-state index contributed by atoms with van der Waals surface area (Å²) in [5.74, 6) is -0.682. The van der Waals surface area contributed by atoms with Gasteiger partial charge in [0.15, 0.2) is 0 Å². The minimum atomic E-state index is -0.484. The highest BCUT2D eigenvalue weighted by Crippen LogP contribution is 2.23. The Kier molecular flexibility index (Phi) is 9.39. The van der Waals surface area contributed by atoms with Gasteiger partial charge in [0.1, 0.15) is 12.2 Å². The molecule has 4 nitrogen and oxygen atoms in total. The summed E-state index contributed by atoms with van der Waals surface area (Å²) >= 11 is 0. The van der Waals surface area contributed by atoms with Gasteiger partial charge in [0.05, 0.1) is 11.8 Å². The van der Waals surface area contributed by atoms with Crippen LogP contribution in [-0.2, 0) is 25.7 Å². The average molecular weight is 363 g/mol. The number of carbonyl (C=O) groups is 2. The van der Waals surface area contributed by atoms with Crippen molar-refractivity contribution in [1.29, 1.82) is 0 Å². The van der Waals surface area contributed by atoms with Gasteiger partial charge in [-0.05, 0) is 52.0 Å². The van der Waals surface area contributed by atoms with Crippen molar-refractivity contribution >= 4 is 11.9 Å². The molecule has 0 aliphatic heterocycles. The van der Waals surface area contributed by atoms with Crippen LogP contribution in [0.5, 0.6) is 0 Å². The Morgan fingerprint density at radius 2 is 1.54 bits per heavy atom. The summed E-state index contributed by atoms with van der Waals surface area (Å²) in [5.41, 5.74) is 0.498. The molecule has 2 atom stereocenters. The van der Waals surface area contributed by atoms with Crippen LogP contribution in [0, 0.1) is 11.8 Å². The molecule has 4 heteroatoms. The maximum Gasteiger partial charge on any atom is 0.309 e. The maximum atomic E-state index is 12.5. The van der Waals surface area contributed by atoms with Crippen LogP contribution in [0.2, 0.25) is 0 Å². The van der Waals surface area contributed by atoms with Crippen molar-refractivity contribution in [3.63, 3.8) is 0 Å². The highest BCUT2D eigenvalue weighted by molar-refractivity contribution is 5.74. The second-order valence-electron chi connectivity index (χ2n) is 7.79. The van der Waals surface area contributed by atoms with E-state index >= 15 is 0 Å². The van der Waals surface area contributed by atoms with Gasteiger partial charge in [-0.3, -0.25) is 9.59 Å². The third kappa shape index (κ3) is 8.50. The Bertz CT molecular complexity index is 545. The van der Waals surface area contributed by atoms with Gasteiger partial charge < -0.3 is 9.47 Å². The van der Waals surface area contributed by atoms with Crippen LogP contribution in [0.15, 0.2) is 30.3 Å². The molecule has 0 N–H and O–H groups in total. The summed E-state index contributed by atoms with van der Waals surface area (Å²) in [4.78, 5) is 24.8. The number of hydrogen-bond donors (Lipinski definition) is 0. The van der Waals surface area contributed by atoms with Crippen molar-refractivity contribution < 1.29 is 19.1 Å². The molecule has 0 bridgehead atoms. The predicted molar refractivity (Wildman–Crippen MR) is 103 cm³/mol. The summed E-state index contributed by atoms with van der Waals surface area (Å²) in [5, 5.41) is 0. The Balaban J connectivity index is 2.56. The van der Waals surface area contributed by atoms with E-state index in [9.17, 15) is 9.59 Å². The molecular formula is C22H34O4.